The van der Waals surface area contributed by atoms with Crippen LogP contribution < -0.4 is 5.32 Å². The largest absolute Gasteiger partial charge is 0.396 e. The Morgan fingerprint density at radius 3 is 2.36 bits per heavy atom. The Balaban J connectivity index is 3.68. The smallest absolute Gasteiger partial charge is 0.220 e. The number of carbonyl (C=O) groups is 1. The lowest BCUT2D eigenvalue weighted by Crippen LogP contribution is -2.41. The second kappa shape index (κ2) is 7.76. The molecule has 0 aromatic rings. The van der Waals surface area contributed by atoms with Crippen molar-refractivity contribution < 1.29 is 15.0 Å². The minimum atomic E-state index is -0.156. The molecule has 3 N–H and O–H groups in total. The van der Waals surface area contributed by atoms with Crippen molar-refractivity contribution in [2.24, 2.45) is 5.92 Å². The van der Waals surface area contributed by atoms with Gasteiger partial charge in [-0.2, -0.15) is 0 Å². The minimum absolute atomic E-state index is 0.0244. The van der Waals surface area contributed by atoms with E-state index in [0.29, 0.717) is 19.3 Å². The normalized spacial score (nSPS) is 12.9. The summed E-state index contributed by atoms with van der Waals surface area (Å²) < 4.78 is 0. The molecular formula is C10H21NO3. The molecule has 0 aliphatic carbocycles. The molecule has 1 amide bonds. The van der Waals surface area contributed by atoms with Crippen molar-refractivity contribution in [2.75, 3.05) is 13.2 Å². The van der Waals surface area contributed by atoms with Gasteiger partial charge < -0.3 is 15.5 Å². The quantitative estimate of drug-likeness (QED) is 0.521. The summed E-state index contributed by atoms with van der Waals surface area (Å²) >= 11 is 0. The van der Waals surface area contributed by atoms with Gasteiger partial charge in [-0.1, -0.05) is 13.8 Å². The third kappa shape index (κ3) is 5.94. The highest BCUT2D eigenvalue weighted by Crippen LogP contribution is 2.02. The highest BCUT2D eigenvalue weighted by atomic mass is 16.3. The topological polar surface area (TPSA) is 69.6 Å². The Hall–Kier alpha value is -0.610. The molecule has 1 atom stereocenters. The number of hydrogen-bond donors (Lipinski definition) is 3. The van der Waals surface area contributed by atoms with Gasteiger partial charge in [0.15, 0.2) is 0 Å². The first-order chi connectivity index (χ1) is 6.61. The van der Waals surface area contributed by atoms with Crippen LogP contribution in [0.15, 0.2) is 0 Å². The highest BCUT2D eigenvalue weighted by Gasteiger charge is 2.14. The van der Waals surface area contributed by atoms with E-state index in [9.17, 15) is 4.79 Å². The predicted octanol–water partition coefficient (Wildman–Crippen LogP) is 0.282. The maximum Gasteiger partial charge on any atom is 0.220 e. The molecule has 0 rings (SSSR count). The maximum atomic E-state index is 11.3. The Morgan fingerprint density at radius 1 is 1.29 bits per heavy atom. The molecule has 0 aromatic carbocycles. The average molecular weight is 203 g/mol. The molecule has 0 radical (unpaired) electrons. The summed E-state index contributed by atoms with van der Waals surface area (Å²) in [6, 6.07) is -0.156. The maximum absolute atomic E-state index is 11.3. The van der Waals surface area contributed by atoms with E-state index in [-0.39, 0.29) is 31.1 Å². The number of hydrogen-bond acceptors (Lipinski definition) is 3. The van der Waals surface area contributed by atoms with E-state index < -0.39 is 0 Å². The number of amides is 1. The van der Waals surface area contributed by atoms with Crippen LogP contribution in [0, 0.1) is 5.92 Å². The summed E-state index contributed by atoms with van der Waals surface area (Å²) in [5.41, 5.74) is 0. The monoisotopic (exact) mass is 203 g/mol. The zero-order valence-electron chi connectivity index (χ0n) is 8.99. The van der Waals surface area contributed by atoms with E-state index in [1.165, 1.54) is 0 Å². The molecule has 0 unspecified atom stereocenters. The molecule has 4 nitrogen and oxygen atoms in total. The van der Waals surface area contributed by atoms with Gasteiger partial charge in [-0.15, -0.1) is 0 Å². The van der Waals surface area contributed by atoms with Crippen molar-refractivity contribution in [1.82, 2.24) is 5.32 Å². The average Bonchev–Trinajstić information content (AvgIpc) is 2.14. The van der Waals surface area contributed by atoms with E-state index >= 15 is 0 Å². The van der Waals surface area contributed by atoms with Crippen molar-refractivity contribution in [3.8, 4) is 0 Å². The summed E-state index contributed by atoms with van der Waals surface area (Å²) in [4.78, 5) is 11.3. The van der Waals surface area contributed by atoms with Crippen LogP contribution in [-0.2, 0) is 4.79 Å². The summed E-state index contributed by atoms with van der Waals surface area (Å²) in [6.45, 7) is 4.01. The van der Waals surface area contributed by atoms with Gasteiger partial charge in [-0.25, -0.2) is 0 Å². The SMILES string of the molecule is CC(C)[C@@H](CO)NC(=O)CCCCO. The van der Waals surface area contributed by atoms with Crippen LogP contribution in [0.5, 0.6) is 0 Å². The second-order valence-corrected chi connectivity index (χ2v) is 3.78. The molecule has 0 spiro atoms. The van der Waals surface area contributed by atoms with E-state index in [1.54, 1.807) is 0 Å². The Morgan fingerprint density at radius 2 is 1.93 bits per heavy atom. The third-order valence-electron chi connectivity index (χ3n) is 2.16. The van der Waals surface area contributed by atoms with E-state index in [2.05, 4.69) is 5.32 Å². The lowest BCUT2D eigenvalue weighted by molar-refractivity contribution is -0.122. The van der Waals surface area contributed by atoms with Crippen LogP contribution in [0.25, 0.3) is 0 Å². The minimum Gasteiger partial charge on any atom is -0.396 e. The van der Waals surface area contributed by atoms with Gasteiger partial charge in [0.05, 0.1) is 12.6 Å². The van der Waals surface area contributed by atoms with Gasteiger partial charge in [-0.05, 0) is 18.8 Å². The number of aliphatic hydroxyl groups excluding tert-OH is 2. The van der Waals surface area contributed by atoms with E-state index in [4.69, 9.17) is 10.2 Å². The Labute approximate surface area is 85.3 Å². The summed E-state index contributed by atoms with van der Waals surface area (Å²) in [7, 11) is 0. The number of aliphatic hydroxyl groups is 2. The lowest BCUT2D eigenvalue weighted by atomic mass is 10.1. The number of unbranched alkanes of at least 4 members (excludes halogenated alkanes) is 1. The summed E-state index contributed by atoms with van der Waals surface area (Å²) in [5, 5.41) is 20.2. The summed E-state index contributed by atoms with van der Waals surface area (Å²) in [5.74, 6) is 0.188. The molecule has 0 heterocycles. The van der Waals surface area contributed by atoms with Gasteiger partial charge in [0.2, 0.25) is 5.91 Å². The number of nitrogens with one attached hydrogen (secondary N) is 1. The van der Waals surface area contributed by atoms with Crippen LogP contribution in [0.4, 0.5) is 0 Å². The van der Waals surface area contributed by atoms with Crippen molar-refractivity contribution in [1.29, 1.82) is 0 Å². The van der Waals surface area contributed by atoms with Crippen molar-refractivity contribution in [2.45, 2.75) is 39.2 Å². The molecule has 14 heavy (non-hydrogen) atoms. The molecular weight excluding hydrogens is 182 g/mol. The predicted molar refractivity (Wildman–Crippen MR) is 54.8 cm³/mol. The first-order valence-electron chi connectivity index (χ1n) is 5.13. The van der Waals surface area contributed by atoms with Crippen LogP contribution in [0.2, 0.25) is 0 Å². The first-order valence-corrected chi connectivity index (χ1v) is 5.13. The van der Waals surface area contributed by atoms with Gasteiger partial charge in [0.1, 0.15) is 0 Å². The molecule has 0 aliphatic rings. The van der Waals surface area contributed by atoms with Crippen LogP contribution >= 0.6 is 0 Å². The molecule has 0 saturated carbocycles. The standard InChI is InChI=1S/C10H21NO3/c1-8(2)9(7-13)11-10(14)5-3-4-6-12/h8-9,12-13H,3-7H2,1-2H3,(H,11,14)/t9-/m1/s1. The van der Waals surface area contributed by atoms with E-state index in [0.717, 1.165) is 0 Å². The highest BCUT2D eigenvalue weighted by molar-refractivity contribution is 5.76. The number of carbonyl (C=O) groups excluding carboxylic acids is 1. The molecule has 0 saturated heterocycles. The number of rotatable bonds is 7. The third-order valence-corrected chi connectivity index (χ3v) is 2.16. The zero-order chi connectivity index (χ0) is 11.0. The molecule has 0 fully saturated rings. The Kier molecular flexibility index (Phi) is 7.42. The van der Waals surface area contributed by atoms with Gasteiger partial charge in [0, 0.05) is 13.0 Å². The molecule has 0 aromatic heterocycles. The van der Waals surface area contributed by atoms with E-state index in [1.807, 2.05) is 13.8 Å². The van der Waals surface area contributed by atoms with Crippen LogP contribution in [-0.4, -0.2) is 35.4 Å². The van der Waals surface area contributed by atoms with Crippen molar-refractivity contribution in [3.63, 3.8) is 0 Å². The fourth-order valence-electron chi connectivity index (χ4n) is 1.10. The van der Waals surface area contributed by atoms with Crippen molar-refractivity contribution >= 4 is 5.91 Å². The van der Waals surface area contributed by atoms with Crippen LogP contribution in [0.3, 0.4) is 0 Å². The van der Waals surface area contributed by atoms with Gasteiger partial charge >= 0.3 is 0 Å². The first kappa shape index (κ1) is 13.4. The Bertz CT molecular complexity index is 159. The molecule has 4 heteroatoms. The molecule has 84 valence electrons. The second-order valence-electron chi connectivity index (χ2n) is 3.78. The summed E-state index contributed by atoms with van der Waals surface area (Å²) in [6.07, 6.45) is 1.77. The fraction of sp³-hybridized carbons (Fsp3) is 0.900. The lowest BCUT2D eigenvalue weighted by Gasteiger charge is -2.19. The van der Waals surface area contributed by atoms with Crippen LogP contribution in [0.1, 0.15) is 33.1 Å². The molecule has 0 bridgehead atoms. The zero-order valence-corrected chi connectivity index (χ0v) is 8.99. The van der Waals surface area contributed by atoms with Gasteiger partial charge in [0.25, 0.3) is 0 Å². The molecule has 0 aliphatic heterocycles. The van der Waals surface area contributed by atoms with Gasteiger partial charge in [-0.3, -0.25) is 4.79 Å². The fourth-order valence-corrected chi connectivity index (χ4v) is 1.10. The van der Waals surface area contributed by atoms with Crippen molar-refractivity contribution in [3.05, 3.63) is 0 Å².